The van der Waals surface area contributed by atoms with Gasteiger partial charge in [-0.15, -0.1) is 0 Å². The molecule has 0 aliphatic rings. The van der Waals surface area contributed by atoms with E-state index in [1.807, 2.05) is 53.1 Å². The van der Waals surface area contributed by atoms with Crippen LogP contribution in [0, 0.1) is 10.1 Å². The third-order valence-corrected chi connectivity index (χ3v) is 4.85. The molecule has 4 rings (SSSR count). The first-order valence-electron chi connectivity index (χ1n) is 8.37. The molecule has 3 aromatic carbocycles. The van der Waals surface area contributed by atoms with Gasteiger partial charge in [-0.25, -0.2) is 4.98 Å². The maximum Gasteiger partial charge on any atom is 0.269 e. The summed E-state index contributed by atoms with van der Waals surface area (Å²) in [5.41, 5.74) is 4.27. The van der Waals surface area contributed by atoms with E-state index in [9.17, 15) is 10.1 Å². The summed E-state index contributed by atoms with van der Waals surface area (Å²) in [7, 11) is 0. The Morgan fingerprint density at radius 2 is 1.32 bits per heavy atom. The number of hydrogen-bond acceptors (Lipinski definition) is 3. The fraction of sp³-hybridized carbons (Fsp3) is 0. The molecular formula is C21H13Cl2N3O2. The quantitative estimate of drug-likeness (QED) is 0.288. The maximum atomic E-state index is 10.9. The molecule has 28 heavy (non-hydrogen) atoms. The summed E-state index contributed by atoms with van der Waals surface area (Å²) in [5.74, 6) is 0. The minimum absolute atomic E-state index is 0.0369. The van der Waals surface area contributed by atoms with Crippen LogP contribution in [-0.2, 0) is 0 Å². The van der Waals surface area contributed by atoms with Crippen molar-refractivity contribution >= 4 is 28.9 Å². The molecule has 4 aromatic rings. The van der Waals surface area contributed by atoms with E-state index in [-0.39, 0.29) is 5.69 Å². The lowest BCUT2D eigenvalue weighted by Crippen LogP contribution is -1.97. The van der Waals surface area contributed by atoms with Crippen molar-refractivity contribution < 1.29 is 4.92 Å². The zero-order valence-electron chi connectivity index (χ0n) is 14.4. The van der Waals surface area contributed by atoms with Gasteiger partial charge in [0.25, 0.3) is 5.69 Å². The van der Waals surface area contributed by atoms with Crippen molar-refractivity contribution in [2.75, 3.05) is 0 Å². The van der Waals surface area contributed by atoms with Gasteiger partial charge in [-0.05, 0) is 36.4 Å². The minimum atomic E-state index is -0.420. The van der Waals surface area contributed by atoms with Gasteiger partial charge in [0, 0.05) is 39.0 Å². The number of non-ortho nitro benzene ring substituents is 1. The SMILES string of the molecule is O=[N+]([O-])c1ccc(-n2cnc(-c3ccc(Cl)cc3)c2-c2ccc(Cl)cc2)cc1. The van der Waals surface area contributed by atoms with E-state index in [4.69, 9.17) is 23.2 Å². The van der Waals surface area contributed by atoms with Crippen molar-refractivity contribution in [3.8, 4) is 28.2 Å². The monoisotopic (exact) mass is 409 g/mol. The largest absolute Gasteiger partial charge is 0.298 e. The van der Waals surface area contributed by atoms with Gasteiger partial charge in [-0.2, -0.15) is 0 Å². The highest BCUT2D eigenvalue weighted by Gasteiger charge is 2.17. The first-order chi connectivity index (χ1) is 13.5. The van der Waals surface area contributed by atoms with E-state index < -0.39 is 4.92 Å². The van der Waals surface area contributed by atoms with E-state index in [0.717, 1.165) is 28.2 Å². The predicted octanol–water partition coefficient (Wildman–Crippen LogP) is 6.42. The fourth-order valence-electron chi connectivity index (χ4n) is 2.98. The Kier molecular flexibility index (Phi) is 4.86. The number of halogens is 2. The predicted molar refractivity (Wildman–Crippen MR) is 111 cm³/mol. The summed E-state index contributed by atoms with van der Waals surface area (Å²) >= 11 is 12.1. The van der Waals surface area contributed by atoms with E-state index >= 15 is 0 Å². The molecule has 0 radical (unpaired) electrons. The summed E-state index contributed by atoms with van der Waals surface area (Å²) in [6.07, 6.45) is 1.70. The minimum Gasteiger partial charge on any atom is -0.298 e. The second-order valence-corrected chi connectivity index (χ2v) is 6.97. The first-order valence-corrected chi connectivity index (χ1v) is 9.12. The number of nitrogens with zero attached hydrogens (tertiary/aromatic N) is 3. The number of nitro benzene ring substituents is 1. The molecule has 0 saturated carbocycles. The van der Waals surface area contributed by atoms with Crippen molar-refractivity contribution in [2.24, 2.45) is 0 Å². The second-order valence-electron chi connectivity index (χ2n) is 6.10. The molecule has 0 aliphatic carbocycles. The Hall–Kier alpha value is -3.15. The van der Waals surface area contributed by atoms with E-state index in [1.54, 1.807) is 18.5 Å². The maximum absolute atomic E-state index is 10.9. The van der Waals surface area contributed by atoms with Crippen molar-refractivity contribution in [1.82, 2.24) is 9.55 Å². The van der Waals surface area contributed by atoms with E-state index in [0.29, 0.717) is 10.0 Å². The number of nitro groups is 1. The average molecular weight is 410 g/mol. The summed E-state index contributed by atoms with van der Waals surface area (Å²) in [4.78, 5) is 15.1. The summed E-state index contributed by atoms with van der Waals surface area (Å²) in [5, 5.41) is 12.2. The molecule has 1 aromatic heterocycles. The molecule has 0 amide bonds. The summed E-state index contributed by atoms with van der Waals surface area (Å²) in [6, 6.07) is 21.3. The van der Waals surface area contributed by atoms with Gasteiger partial charge >= 0.3 is 0 Å². The van der Waals surface area contributed by atoms with Crippen LogP contribution in [0.15, 0.2) is 79.1 Å². The van der Waals surface area contributed by atoms with Crippen LogP contribution in [0.2, 0.25) is 10.0 Å². The van der Waals surface area contributed by atoms with Gasteiger partial charge in [0.15, 0.2) is 0 Å². The van der Waals surface area contributed by atoms with Crippen LogP contribution in [0.5, 0.6) is 0 Å². The molecule has 0 fully saturated rings. The Labute approximate surface area is 171 Å². The van der Waals surface area contributed by atoms with Crippen molar-refractivity contribution in [3.05, 3.63) is 99.3 Å². The molecule has 1 heterocycles. The summed E-state index contributed by atoms with van der Waals surface area (Å²) < 4.78 is 1.90. The van der Waals surface area contributed by atoms with Gasteiger partial charge in [0.1, 0.15) is 6.33 Å². The number of hydrogen-bond donors (Lipinski definition) is 0. The standard InChI is InChI=1S/C21H13Cl2N3O2/c22-16-5-1-14(2-6-16)20-21(15-3-7-17(23)8-4-15)25(13-24-20)18-9-11-19(12-10-18)26(27)28/h1-13H. The van der Waals surface area contributed by atoms with Crippen LogP contribution in [0.4, 0.5) is 5.69 Å². The molecule has 0 N–H and O–H groups in total. The van der Waals surface area contributed by atoms with Crippen LogP contribution in [0.3, 0.4) is 0 Å². The molecule has 0 atom stereocenters. The van der Waals surface area contributed by atoms with Gasteiger partial charge < -0.3 is 0 Å². The van der Waals surface area contributed by atoms with Gasteiger partial charge in [-0.3, -0.25) is 14.7 Å². The molecule has 0 saturated heterocycles. The van der Waals surface area contributed by atoms with E-state index in [2.05, 4.69) is 4.98 Å². The van der Waals surface area contributed by atoms with Crippen LogP contribution in [0.1, 0.15) is 0 Å². The highest BCUT2D eigenvalue weighted by atomic mass is 35.5. The molecule has 7 heteroatoms. The highest BCUT2D eigenvalue weighted by Crippen LogP contribution is 2.34. The first kappa shape index (κ1) is 18.2. The Balaban J connectivity index is 1.90. The van der Waals surface area contributed by atoms with Gasteiger partial charge in [-0.1, -0.05) is 47.5 Å². The average Bonchev–Trinajstić information content (AvgIpc) is 3.14. The molecular weight excluding hydrogens is 397 g/mol. The lowest BCUT2D eigenvalue weighted by Gasteiger charge is -2.11. The number of rotatable bonds is 4. The fourth-order valence-corrected chi connectivity index (χ4v) is 3.23. The highest BCUT2D eigenvalue weighted by molar-refractivity contribution is 6.31. The van der Waals surface area contributed by atoms with Crippen molar-refractivity contribution in [3.63, 3.8) is 0 Å². The third kappa shape index (κ3) is 3.50. The Bertz CT molecular complexity index is 1140. The van der Waals surface area contributed by atoms with Crippen LogP contribution in [-0.4, -0.2) is 14.5 Å². The third-order valence-electron chi connectivity index (χ3n) is 4.34. The van der Waals surface area contributed by atoms with Crippen LogP contribution >= 0.6 is 23.2 Å². The lowest BCUT2D eigenvalue weighted by molar-refractivity contribution is -0.384. The lowest BCUT2D eigenvalue weighted by atomic mass is 10.0. The van der Waals surface area contributed by atoms with Crippen LogP contribution in [0.25, 0.3) is 28.2 Å². The molecule has 138 valence electrons. The zero-order valence-corrected chi connectivity index (χ0v) is 15.9. The van der Waals surface area contributed by atoms with Crippen LogP contribution < -0.4 is 0 Å². The number of aromatic nitrogens is 2. The van der Waals surface area contributed by atoms with Crippen molar-refractivity contribution in [2.45, 2.75) is 0 Å². The second kappa shape index (κ2) is 7.46. The van der Waals surface area contributed by atoms with Gasteiger partial charge in [0.05, 0.1) is 16.3 Å². The topological polar surface area (TPSA) is 61.0 Å². The molecule has 0 unspecified atom stereocenters. The number of imidazole rings is 1. The molecule has 0 spiro atoms. The number of benzene rings is 3. The summed E-state index contributed by atoms with van der Waals surface area (Å²) in [6.45, 7) is 0. The van der Waals surface area contributed by atoms with Crippen molar-refractivity contribution in [1.29, 1.82) is 0 Å². The van der Waals surface area contributed by atoms with E-state index in [1.165, 1.54) is 12.1 Å². The zero-order chi connectivity index (χ0) is 19.7. The molecule has 0 aliphatic heterocycles. The molecule has 5 nitrogen and oxygen atoms in total. The Morgan fingerprint density at radius 1 is 0.786 bits per heavy atom. The molecule has 0 bridgehead atoms. The van der Waals surface area contributed by atoms with Gasteiger partial charge in [0.2, 0.25) is 0 Å². The smallest absolute Gasteiger partial charge is 0.269 e. The Morgan fingerprint density at radius 3 is 1.86 bits per heavy atom. The normalized spacial score (nSPS) is 10.8.